The summed E-state index contributed by atoms with van der Waals surface area (Å²) in [6, 6.07) is 8.08. The number of hydrogen-bond acceptors (Lipinski definition) is 4. The molecule has 0 atom stereocenters. The van der Waals surface area contributed by atoms with Crippen LogP contribution in [0.15, 0.2) is 55.0 Å². The maximum atomic E-state index is 13.7. The number of rotatable bonds is 6. The molecule has 6 nitrogen and oxygen atoms in total. The summed E-state index contributed by atoms with van der Waals surface area (Å²) in [4.78, 5) is 15.9. The van der Waals surface area contributed by atoms with Crippen molar-refractivity contribution in [3.63, 3.8) is 0 Å². The molecule has 0 aliphatic carbocycles. The number of carbonyl (C=O) groups is 1. The lowest BCUT2D eigenvalue weighted by Crippen LogP contribution is -2.27. The largest absolute Gasteiger partial charge is 0.436 e. The topological polar surface area (TPSA) is 69.0 Å². The minimum Gasteiger partial charge on any atom is -0.436 e. The van der Waals surface area contributed by atoms with Crippen molar-refractivity contribution in [3.8, 4) is 11.6 Å². The monoisotopic (exact) mass is 344 g/mol. The molecule has 0 saturated carbocycles. The number of carbonyl (C=O) groups excluding carboxylic acids is 1. The Morgan fingerprint density at radius 3 is 2.84 bits per heavy atom. The molecule has 0 spiro atoms. The molecule has 128 valence electrons. The van der Waals surface area contributed by atoms with E-state index in [1.54, 1.807) is 30.6 Å². The van der Waals surface area contributed by atoms with Crippen molar-refractivity contribution in [1.82, 2.24) is 20.1 Å². The second-order valence-corrected chi connectivity index (χ2v) is 5.12. The summed E-state index contributed by atoms with van der Waals surface area (Å²) in [5.74, 6) is -1.79. The Hall–Kier alpha value is -3.29. The lowest BCUT2D eigenvalue weighted by molar-refractivity contribution is -0.122. The first kappa shape index (κ1) is 16.6. The van der Waals surface area contributed by atoms with Crippen LogP contribution in [0, 0.1) is 11.6 Å². The maximum Gasteiger partial charge on any atom is 0.242 e. The molecule has 3 rings (SSSR count). The van der Waals surface area contributed by atoms with Crippen LogP contribution in [-0.2, 0) is 17.9 Å². The third-order valence-corrected chi connectivity index (χ3v) is 3.29. The van der Waals surface area contributed by atoms with Gasteiger partial charge in [-0.1, -0.05) is 6.07 Å². The van der Waals surface area contributed by atoms with E-state index in [0.717, 1.165) is 12.1 Å². The molecule has 2 heterocycles. The summed E-state index contributed by atoms with van der Waals surface area (Å²) in [7, 11) is 0. The Morgan fingerprint density at radius 2 is 2.08 bits per heavy atom. The van der Waals surface area contributed by atoms with Crippen molar-refractivity contribution in [2.75, 3.05) is 0 Å². The Labute approximate surface area is 142 Å². The Balaban J connectivity index is 1.67. The average Bonchev–Trinajstić information content (AvgIpc) is 3.09. The number of nitrogens with zero attached hydrogens (tertiary/aromatic N) is 3. The van der Waals surface area contributed by atoms with Crippen LogP contribution >= 0.6 is 0 Å². The van der Waals surface area contributed by atoms with Crippen LogP contribution < -0.4 is 10.1 Å². The molecule has 1 aromatic carbocycles. The molecule has 0 radical (unpaired) electrons. The van der Waals surface area contributed by atoms with Crippen molar-refractivity contribution in [3.05, 3.63) is 72.2 Å². The first-order chi connectivity index (χ1) is 12.1. The molecular weight excluding hydrogens is 330 g/mol. The fourth-order valence-corrected chi connectivity index (χ4v) is 2.10. The molecule has 1 amide bonds. The zero-order valence-electron chi connectivity index (χ0n) is 13.0. The molecule has 25 heavy (non-hydrogen) atoms. The van der Waals surface area contributed by atoms with Crippen LogP contribution in [0.3, 0.4) is 0 Å². The Bertz CT molecular complexity index is 869. The van der Waals surface area contributed by atoms with Crippen molar-refractivity contribution < 1.29 is 18.3 Å². The zero-order valence-corrected chi connectivity index (χ0v) is 13.0. The van der Waals surface area contributed by atoms with Crippen LogP contribution in [0.2, 0.25) is 0 Å². The number of benzene rings is 1. The predicted molar refractivity (Wildman–Crippen MR) is 84.7 cm³/mol. The lowest BCUT2D eigenvalue weighted by Gasteiger charge is -2.11. The highest BCUT2D eigenvalue weighted by Crippen LogP contribution is 2.25. The van der Waals surface area contributed by atoms with Gasteiger partial charge < -0.3 is 10.1 Å². The summed E-state index contributed by atoms with van der Waals surface area (Å²) >= 11 is 0. The van der Waals surface area contributed by atoms with Gasteiger partial charge in [-0.3, -0.25) is 9.48 Å². The highest BCUT2D eigenvalue weighted by Gasteiger charge is 2.12. The van der Waals surface area contributed by atoms with Crippen molar-refractivity contribution >= 4 is 5.91 Å². The molecule has 0 saturated heterocycles. The van der Waals surface area contributed by atoms with E-state index >= 15 is 0 Å². The first-order valence-electron chi connectivity index (χ1n) is 7.43. The molecule has 8 heteroatoms. The van der Waals surface area contributed by atoms with Gasteiger partial charge in [-0.05, 0) is 24.3 Å². The quantitative estimate of drug-likeness (QED) is 0.746. The maximum absolute atomic E-state index is 13.7. The van der Waals surface area contributed by atoms with Crippen molar-refractivity contribution in [2.24, 2.45) is 0 Å². The molecule has 2 aromatic heterocycles. The van der Waals surface area contributed by atoms with Gasteiger partial charge in [0.25, 0.3) is 0 Å². The van der Waals surface area contributed by atoms with Gasteiger partial charge in [0.1, 0.15) is 12.4 Å². The smallest absolute Gasteiger partial charge is 0.242 e. The van der Waals surface area contributed by atoms with Crippen LogP contribution in [0.4, 0.5) is 8.78 Å². The second-order valence-electron chi connectivity index (χ2n) is 5.12. The molecule has 0 bridgehead atoms. The van der Waals surface area contributed by atoms with Gasteiger partial charge in [0.05, 0.1) is 0 Å². The van der Waals surface area contributed by atoms with E-state index < -0.39 is 11.6 Å². The summed E-state index contributed by atoms with van der Waals surface area (Å²) in [6.07, 6.45) is 4.74. The number of aromatic nitrogens is 3. The van der Waals surface area contributed by atoms with Gasteiger partial charge in [0.15, 0.2) is 11.6 Å². The molecule has 0 aliphatic rings. The van der Waals surface area contributed by atoms with Crippen molar-refractivity contribution in [2.45, 2.75) is 13.1 Å². The first-order valence-corrected chi connectivity index (χ1v) is 7.43. The molecule has 0 aliphatic heterocycles. The second kappa shape index (κ2) is 7.52. The lowest BCUT2D eigenvalue weighted by atomic mass is 10.2. The summed E-state index contributed by atoms with van der Waals surface area (Å²) < 4.78 is 33.6. The number of amides is 1. The van der Waals surface area contributed by atoms with Gasteiger partial charge in [-0.2, -0.15) is 5.10 Å². The van der Waals surface area contributed by atoms with E-state index in [0.29, 0.717) is 5.56 Å². The van der Waals surface area contributed by atoms with Crippen LogP contribution in [0.5, 0.6) is 11.6 Å². The Morgan fingerprint density at radius 1 is 1.20 bits per heavy atom. The summed E-state index contributed by atoms with van der Waals surface area (Å²) in [6.45, 7) is 0.224. The number of pyridine rings is 1. The highest BCUT2D eigenvalue weighted by atomic mass is 19.1. The summed E-state index contributed by atoms with van der Waals surface area (Å²) in [5.41, 5.74) is 0.556. The average molecular weight is 344 g/mol. The van der Waals surface area contributed by atoms with E-state index in [1.807, 2.05) is 0 Å². The number of halogens is 2. The van der Waals surface area contributed by atoms with Crippen molar-refractivity contribution in [1.29, 1.82) is 0 Å². The normalized spacial score (nSPS) is 10.5. The minimum atomic E-state index is -0.834. The minimum absolute atomic E-state index is 0.0794. The number of hydrogen-bond donors (Lipinski definition) is 1. The van der Waals surface area contributed by atoms with Gasteiger partial charge in [-0.15, -0.1) is 0 Å². The van der Waals surface area contributed by atoms with Gasteiger partial charge in [-0.25, -0.2) is 13.8 Å². The van der Waals surface area contributed by atoms with E-state index in [-0.39, 0.29) is 30.6 Å². The third kappa shape index (κ3) is 4.37. The molecule has 0 unspecified atom stereocenters. The van der Waals surface area contributed by atoms with Gasteiger partial charge in [0.2, 0.25) is 11.8 Å². The Kier molecular flexibility index (Phi) is 4.98. The van der Waals surface area contributed by atoms with Crippen LogP contribution in [0.25, 0.3) is 0 Å². The fraction of sp³-hybridized carbons (Fsp3) is 0.118. The molecule has 1 N–H and O–H groups in total. The van der Waals surface area contributed by atoms with Gasteiger partial charge in [0, 0.05) is 36.8 Å². The highest BCUT2D eigenvalue weighted by molar-refractivity contribution is 5.75. The molecule has 0 fully saturated rings. The standard InChI is InChI=1S/C17H14F2N4O2/c18-13-4-5-15(14(19)9-13)25-17-12(3-1-6-20-17)10-21-16(24)11-23-8-2-7-22-23/h1-9H,10-11H2,(H,21,24). The summed E-state index contributed by atoms with van der Waals surface area (Å²) in [5, 5.41) is 6.66. The van der Waals surface area contributed by atoms with E-state index in [9.17, 15) is 13.6 Å². The molecule has 3 aromatic rings. The molecular formula is C17H14F2N4O2. The van der Waals surface area contributed by atoms with Crippen LogP contribution in [-0.4, -0.2) is 20.7 Å². The number of ether oxygens (including phenoxy) is 1. The van der Waals surface area contributed by atoms with E-state index in [4.69, 9.17) is 4.74 Å². The number of nitrogens with one attached hydrogen (secondary N) is 1. The predicted octanol–water partition coefficient (Wildman–Crippen LogP) is 2.67. The van der Waals surface area contributed by atoms with E-state index in [1.165, 1.54) is 16.9 Å². The van der Waals surface area contributed by atoms with Gasteiger partial charge >= 0.3 is 0 Å². The zero-order chi connectivity index (χ0) is 17.6. The SMILES string of the molecule is O=C(Cn1cccn1)NCc1cccnc1Oc1ccc(F)cc1F. The van der Waals surface area contributed by atoms with Crippen LogP contribution in [0.1, 0.15) is 5.56 Å². The fourth-order valence-electron chi connectivity index (χ4n) is 2.10. The third-order valence-electron chi connectivity index (χ3n) is 3.29. The van der Waals surface area contributed by atoms with E-state index in [2.05, 4.69) is 15.4 Å².